The highest BCUT2D eigenvalue weighted by molar-refractivity contribution is 6.46. The number of carbonyl (C=O) groups excluding carboxylic acids is 2. The smallest absolute Gasteiger partial charge is 0.295 e. The molecule has 3 rings (SSSR count). The number of nitro benzene ring substituents is 1. The molecule has 0 bridgehead atoms. The standard InChI is InChI=1S/C30H39N3O7/c1-5-7-15-31(16-8-6-2)17-10-18-32-27(24-14-13-23(39-3)20-25(24)40-4)26(29(35)30(32)36)28(34)21-11-9-12-22(19-21)33(37)38/h9,11-14,19-20,27,34H,5-8,10,15-18H2,1-4H3/t27-/m1/s1. The first-order chi connectivity index (χ1) is 19.3. The van der Waals surface area contributed by atoms with Gasteiger partial charge in [0.1, 0.15) is 17.3 Å². The predicted molar refractivity (Wildman–Crippen MR) is 153 cm³/mol. The molecule has 10 heteroatoms. The Morgan fingerprint density at radius 1 is 1.00 bits per heavy atom. The molecular weight excluding hydrogens is 514 g/mol. The molecule has 0 unspecified atom stereocenters. The molecule has 1 amide bonds. The van der Waals surface area contributed by atoms with Crippen LogP contribution in [-0.4, -0.2) is 71.9 Å². The van der Waals surface area contributed by atoms with Crippen molar-refractivity contribution in [3.8, 4) is 11.5 Å². The monoisotopic (exact) mass is 553 g/mol. The van der Waals surface area contributed by atoms with Crippen LogP contribution < -0.4 is 9.47 Å². The summed E-state index contributed by atoms with van der Waals surface area (Å²) in [7, 11) is 3.00. The minimum atomic E-state index is -0.945. The number of aliphatic hydroxyl groups is 1. The van der Waals surface area contributed by atoms with Gasteiger partial charge in [0.15, 0.2) is 0 Å². The summed E-state index contributed by atoms with van der Waals surface area (Å²) in [5.74, 6) is -1.14. The molecule has 40 heavy (non-hydrogen) atoms. The first-order valence-electron chi connectivity index (χ1n) is 13.7. The first kappa shape index (κ1) is 30.6. The Balaban J connectivity index is 2.05. The lowest BCUT2D eigenvalue weighted by atomic mass is 9.94. The Morgan fingerprint density at radius 3 is 2.27 bits per heavy atom. The molecular formula is C30H39N3O7. The number of rotatable bonds is 15. The van der Waals surface area contributed by atoms with Gasteiger partial charge in [-0.2, -0.15) is 0 Å². The molecule has 216 valence electrons. The average molecular weight is 554 g/mol. The topological polar surface area (TPSA) is 122 Å². The zero-order valence-electron chi connectivity index (χ0n) is 23.7. The molecule has 1 aliphatic heterocycles. The van der Waals surface area contributed by atoms with Crippen molar-refractivity contribution >= 4 is 23.1 Å². The number of nitrogens with zero attached hydrogens (tertiary/aromatic N) is 3. The molecule has 0 spiro atoms. The zero-order valence-corrected chi connectivity index (χ0v) is 23.7. The fourth-order valence-corrected chi connectivity index (χ4v) is 4.96. The van der Waals surface area contributed by atoms with Gasteiger partial charge in [0.25, 0.3) is 17.4 Å². The third-order valence-corrected chi connectivity index (χ3v) is 7.13. The summed E-state index contributed by atoms with van der Waals surface area (Å²) in [5, 5.41) is 22.7. The number of non-ortho nitro benzene ring substituents is 1. The third-order valence-electron chi connectivity index (χ3n) is 7.13. The lowest BCUT2D eigenvalue weighted by Crippen LogP contribution is -2.34. The molecule has 2 aromatic carbocycles. The summed E-state index contributed by atoms with van der Waals surface area (Å²) < 4.78 is 10.9. The number of ketones is 1. The maximum absolute atomic E-state index is 13.4. The molecule has 1 aliphatic rings. The molecule has 0 aliphatic carbocycles. The molecule has 1 saturated heterocycles. The second kappa shape index (κ2) is 14.5. The minimum absolute atomic E-state index is 0.0787. The van der Waals surface area contributed by atoms with Crippen molar-refractivity contribution in [2.24, 2.45) is 0 Å². The summed E-state index contributed by atoms with van der Waals surface area (Å²) >= 11 is 0. The van der Waals surface area contributed by atoms with Crippen LogP contribution in [0.2, 0.25) is 0 Å². The zero-order chi connectivity index (χ0) is 29.2. The molecule has 1 heterocycles. The molecule has 2 aromatic rings. The van der Waals surface area contributed by atoms with Gasteiger partial charge in [-0.25, -0.2) is 0 Å². The fraction of sp³-hybridized carbons (Fsp3) is 0.467. The van der Waals surface area contributed by atoms with E-state index in [0.717, 1.165) is 45.3 Å². The number of Topliss-reactive ketones (excluding diaryl/α,β-unsaturated/α-hetero) is 1. The second-order valence-electron chi connectivity index (χ2n) is 9.81. The number of aliphatic hydroxyl groups excluding tert-OH is 1. The van der Waals surface area contributed by atoms with Gasteiger partial charge in [-0.05, 0) is 51.0 Å². The largest absolute Gasteiger partial charge is 0.507 e. The van der Waals surface area contributed by atoms with E-state index in [0.29, 0.717) is 23.5 Å². The first-order valence-corrected chi connectivity index (χ1v) is 13.7. The van der Waals surface area contributed by atoms with Crippen molar-refractivity contribution < 1.29 is 29.1 Å². The van der Waals surface area contributed by atoms with Gasteiger partial charge in [-0.1, -0.05) is 38.8 Å². The minimum Gasteiger partial charge on any atom is -0.507 e. The number of likely N-dealkylation sites (tertiary alicyclic amines) is 1. The highest BCUT2D eigenvalue weighted by Crippen LogP contribution is 2.44. The van der Waals surface area contributed by atoms with Gasteiger partial charge in [-0.3, -0.25) is 19.7 Å². The van der Waals surface area contributed by atoms with Crippen molar-refractivity contribution in [1.29, 1.82) is 0 Å². The van der Waals surface area contributed by atoms with Gasteiger partial charge >= 0.3 is 0 Å². The average Bonchev–Trinajstić information content (AvgIpc) is 3.22. The number of nitro groups is 1. The van der Waals surface area contributed by atoms with Gasteiger partial charge < -0.3 is 24.4 Å². The van der Waals surface area contributed by atoms with Crippen molar-refractivity contribution in [3.05, 3.63) is 69.3 Å². The Kier molecular flexibility index (Phi) is 11.1. The molecule has 1 atom stereocenters. The molecule has 1 N–H and O–H groups in total. The van der Waals surface area contributed by atoms with E-state index in [4.69, 9.17) is 9.47 Å². The summed E-state index contributed by atoms with van der Waals surface area (Å²) in [4.78, 5) is 41.4. The SMILES string of the molecule is CCCCN(CCCC)CCCN1C(=O)C(=O)C(=C(O)c2cccc([N+](=O)[O-])c2)[C@H]1c1ccc(OC)cc1OC. The highest BCUT2D eigenvalue weighted by Gasteiger charge is 2.47. The third kappa shape index (κ3) is 6.98. The van der Waals surface area contributed by atoms with Gasteiger partial charge in [-0.15, -0.1) is 0 Å². The molecule has 0 radical (unpaired) electrons. The number of benzene rings is 2. The fourth-order valence-electron chi connectivity index (χ4n) is 4.96. The number of hydrogen-bond acceptors (Lipinski definition) is 8. The Hall–Kier alpha value is -3.92. The van der Waals surface area contributed by atoms with E-state index in [-0.39, 0.29) is 23.4 Å². The number of amides is 1. The van der Waals surface area contributed by atoms with Crippen LogP contribution in [-0.2, 0) is 9.59 Å². The number of methoxy groups -OCH3 is 2. The van der Waals surface area contributed by atoms with Crippen LogP contribution in [0, 0.1) is 10.1 Å². The number of ether oxygens (including phenoxy) is 2. The van der Waals surface area contributed by atoms with Crippen molar-refractivity contribution in [2.75, 3.05) is 40.4 Å². The summed E-state index contributed by atoms with van der Waals surface area (Å²) in [5.41, 5.74) is 0.206. The Labute approximate surface area is 235 Å². The number of unbranched alkanes of at least 4 members (excludes halogenated alkanes) is 2. The number of carbonyl (C=O) groups is 2. The predicted octanol–water partition coefficient (Wildman–Crippen LogP) is 5.33. The van der Waals surface area contributed by atoms with E-state index in [1.54, 1.807) is 18.2 Å². The molecule has 10 nitrogen and oxygen atoms in total. The van der Waals surface area contributed by atoms with E-state index in [1.807, 2.05) is 0 Å². The van der Waals surface area contributed by atoms with E-state index in [1.165, 1.54) is 43.4 Å². The Bertz CT molecular complexity index is 1240. The van der Waals surface area contributed by atoms with Crippen molar-refractivity contribution in [2.45, 2.75) is 52.0 Å². The second-order valence-corrected chi connectivity index (χ2v) is 9.81. The molecule has 1 fully saturated rings. The number of hydrogen-bond donors (Lipinski definition) is 1. The van der Waals surface area contributed by atoms with E-state index < -0.39 is 28.4 Å². The van der Waals surface area contributed by atoms with Gasteiger partial charge in [0.05, 0.1) is 30.8 Å². The van der Waals surface area contributed by atoms with Crippen LogP contribution in [0.1, 0.15) is 63.1 Å². The van der Waals surface area contributed by atoms with Crippen molar-refractivity contribution in [1.82, 2.24) is 9.80 Å². The lowest BCUT2D eigenvalue weighted by Gasteiger charge is -2.28. The van der Waals surface area contributed by atoms with Crippen LogP contribution in [0.4, 0.5) is 5.69 Å². The lowest BCUT2D eigenvalue weighted by molar-refractivity contribution is -0.384. The quantitative estimate of drug-likeness (QED) is 0.103. The van der Waals surface area contributed by atoms with E-state index in [2.05, 4.69) is 18.7 Å². The van der Waals surface area contributed by atoms with Crippen LogP contribution >= 0.6 is 0 Å². The van der Waals surface area contributed by atoms with Crippen LogP contribution in [0.3, 0.4) is 0 Å². The molecule has 0 saturated carbocycles. The van der Waals surface area contributed by atoms with E-state index >= 15 is 0 Å². The molecule has 0 aromatic heterocycles. The summed E-state index contributed by atoms with van der Waals surface area (Å²) in [6, 6.07) is 9.48. The highest BCUT2D eigenvalue weighted by atomic mass is 16.6. The van der Waals surface area contributed by atoms with Crippen molar-refractivity contribution in [3.63, 3.8) is 0 Å². The van der Waals surface area contributed by atoms with Crippen LogP contribution in [0.15, 0.2) is 48.0 Å². The summed E-state index contributed by atoms with van der Waals surface area (Å²) in [6.07, 6.45) is 4.98. The van der Waals surface area contributed by atoms with Gasteiger partial charge in [0.2, 0.25) is 0 Å². The Morgan fingerprint density at radius 2 is 1.68 bits per heavy atom. The maximum Gasteiger partial charge on any atom is 0.295 e. The maximum atomic E-state index is 13.4. The van der Waals surface area contributed by atoms with E-state index in [9.17, 15) is 24.8 Å². The van der Waals surface area contributed by atoms with Crippen LogP contribution in [0.5, 0.6) is 11.5 Å². The van der Waals surface area contributed by atoms with Gasteiger partial charge in [0, 0.05) is 35.9 Å². The van der Waals surface area contributed by atoms with Crippen LogP contribution in [0.25, 0.3) is 5.76 Å². The summed E-state index contributed by atoms with van der Waals surface area (Å²) in [6.45, 7) is 7.29. The normalized spacial score (nSPS) is 16.5.